The highest BCUT2D eigenvalue weighted by Crippen LogP contribution is 2.26. The van der Waals surface area contributed by atoms with Crippen LogP contribution in [0.2, 0.25) is 0 Å². The van der Waals surface area contributed by atoms with Crippen LogP contribution >= 0.6 is 0 Å². The molecule has 0 aliphatic carbocycles. The molecule has 1 atom stereocenters. The molecule has 0 saturated carbocycles. The van der Waals surface area contributed by atoms with Crippen LogP contribution in [0.15, 0.2) is 24.3 Å². The monoisotopic (exact) mass is 280 g/mol. The topological polar surface area (TPSA) is 57.0 Å². The zero-order valence-electron chi connectivity index (χ0n) is 12.1. The molecule has 0 radical (unpaired) electrons. The summed E-state index contributed by atoms with van der Waals surface area (Å²) in [5, 5.41) is 0. The van der Waals surface area contributed by atoms with E-state index in [-0.39, 0.29) is 0 Å². The van der Waals surface area contributed by atoms with Gasteiger partial charge in [0.1, 0.15) is 6.61 Å². The van der Waals surface area contributed by atoms with E-state index < -0.39 is 0 Å². The molecule has 1 aliphatic heterocycles. The highest BCUT2D eigenvalue weighted by molar-refractivity contribution is 5.39. The quantitative estimate of drug-likeness (QED) is 0.811. The molecule has 1 fully saturated rings. The highest BCUT2D eigenvalue weighted by atomic mass is 16.5. The van der Waals surface area contributed by atoms with Gasteiger partial charge in [-0.2, -0.15) is 0 Å². The van der Waals surface area contributed by atoms with Crippen LogP contribution < -0.4 is 15.2 Å². The Balaban J connectivity index is 1.83. The second kappa shape index (κ2) is 8.09. The minimum atomic E-state index is 0.300. The Hall–Kier alpha value is -1.30. The number of nitrogens with zero attached hydrogens (tertiary/aromatic N) is 1. The van der Waals surface area contributed by atoms with Crippen molar-refractivity contribution in [2.75, 3.05) is 46.1 Å². The summed E-state index contributed by atoms with van der Waals surface area (Å²) in [4.78, 5) is 2.33. The Kier molecular flexibility index (Phi) is 6.11. The van der Waals surface area contributed by atoms with Crippen LogP contribution in [0.1, 0.15) is 6.92 Å². The standard InChI is InChI=1S/C15H24N2O3/c1-2-19-14-5-3-4-6-15(14)20-10-8-17-7-9-18-12-13(17)11-16/h3-6,13H,2,7-12,16H2,1H3. The van der Waals surface area contributed by atoms with Gasteiger partial charge in [-0.1, -0.05) is 12.1 Å². The molecule has 1 saturated heterocycles. The van der Waals surface area contributed by atoms with Gasteiger partial charge >= 0.3 is 0 Å². The zero-order chi connectivity index (χ0) is 14.2. The first kappa shape index (κ1) is 15.1. The van der Waals surface area contributed by atoms with Crippen molar-refractivity contribution in [3.63, 3.8) is 0 Å². The Morgan fingerprint density at radius 1 is 1.30 bits per heavy atom. The number of hydrogen-bond acceptors (Lipinski definition) is 5. The number of morpholine rings is 1. The molecule has 1 aromatic rings. The first-order chi connectivity index (χ1) is 9.85. The molecule has 5 nitrogen and oxygen atoms in total. The zero-order valence-corrected chi connectivity index (χ0v) is 12.1. The predicted molar refractivity (Wildman–Crippen MR) is 78.3 cm³/mol. The molecular formula is C15H24N2O3. The maximum atomic E-state index is 5.84. The van der Waals surface area contributed by atoms with Crippen molar-refractivity contribution >= 4 is 0 Å². The molecule has 112 valence electrons. The summed E-state index contributed by atoms with van der Waals surface area (Å²) in [5.74, 6) is 1.60. The largest absolute Gasteiger partial charge is 0.490 e. The van der Waals surface area contributed by atoms with Gasteiger partial charge in [0.25, 0.3) is 0 Å². The summed E-state index contributed by atoms with van der Waals surface area (Å²) >= 11 is 0. The number of hydrogen-bond donors (Lipinski definition) is 1. The van der Waals surface area contributed by atoms with E-state index in [0.29, 0.717) is 32.4 Å². The number of nitrogens with two attached hydrogens (primary N) is 1. The van der Waals surface area contributed by atoms with Gasteiger partial charge in [0, 0.05) is 25.7 Å². The molecule has 5 heteroatoms. The summed E-state index contributed by atoms with van der Waals surface area (Å²) in [5.41, 5.74) is 5.76. The fourth-order valence-electron chi connectivity index (χ4n) is 2.32. The third kappa shape index (κ3) is 4.10. The van der Waals surface area contributed by atoms with Crippen LogP contribution in [0, 0.1) is 0 Å². The maximum Gasteiger partial charge on any atom is 0.161 e. The lowest BCUT2D eigenvalue weighted by molar-refractivity contribution is -0.00871. The van der Waals surface area contributed by atoms with Gasteiger partial charge in [0.15, 0.2) is 11.5 Å². The normalized spacial score (nSPS) is 19.8. The molecule has 20 heavy (non-hydrogen) atoms. The van der Waals surface area contributed by atoms with E-state index in [0.717, 1.165) is 31.2 Å². The molecule has 1 aromatic carbocycles. The number of para-hydroxylation sites is 2. The summed E-state index contributed by atoms with van der Waals surface area (Å²) in [7, 11) is 0. The Bertz CT molecular complexity index is 400. The minimum Gasteiger partial charge on any atom is -0.490 e. The molecule has 0 bridgehead atoms. The van der Waals surface area contributed by atoms with Crippen LogP contribution in [-0.4, -0.2) is 57.0 Å². The average molecular weight is 280 g/mol. The fraction of sp³-hybridized carbons (Fsp3) is 0.600. The average Bonchev–Trinajstić information content (AvgIpc) is 2.50. The van der Waals surface area contributed by atoms with Gasteiger partial charge in [-0.05, 0) is 19.1 Å². The molecule has 2 rings (SSSR count). The second-order valence-corrected chi connectivity index (χ2v) is 4.73. The van der Waals surface area contributed by atoms with Crippen molar-refractivity contribution in [3.8, 4) is 11.5 Å². The van der Waals surface area contributed by atoms with Gasteiger partial charge in [-0.25, -0.2) is 0 Å². The highest BCUT2D eigenvalue weighted by Gasteiger charge is 2.21. The van der Waals surface area contributed by atoms with Gasteiger partial charge in [-0.15, -0.1) is 0 Å². The van der Waals surface area contributed by atoms with Crippen LogP contribution in [-0.2, 0) is 4.74 Å². The summed E-state index contributed by atoms with van der Waals surface area (Å²) in [6.45, 7) is 7.10. The molecule has 1 unspecified atom stereocenters. The number of benzene rings is 1. The Morgan fingerprint density at radius 2 is 2.05 bits per heavy atom. The van der Waals surface area contributed by atoms with E-state index >= 15 is 0 Å². The van der Waals surface area contributed by atoms with Crippen molar-refractivity contribution in [2.45, 2.75) is 13.0 Å². The lowest BCUT2D eigenvalue weighted by Gasteiger charge is -2.34. The van der Waals surface area contributed by atoms with E-state index in [9.17, 15) is 0 Å². The van der Waals surface area contributed by atoms with Crippen LogP contribution in [0.5, 0.6) is 11.5 Å². The van der Waals surface area contributed by atoms with Gasteiger partial charge in [-0.3, -0.25) is 4.90 Å². The smallest absolute Gasteiger partial charge is 0.161 e. The second-order valence-electron chi connectivity index (χ2n) is 4.73. The van der Waals surface area contributed by atoms with Gasteiger partial charge < -0.3 is 19.9 Å². The first-order valence-corrected chi connectivity index (χ1v) is 7.21. The van der Waals surface area contributed by atoms with E-state index in [1.54, 1.807) is 0 Å². The van der Waals surface area contributed by atoms with Gasteiger partial charge in [0.05, 0.1) is 19.8 Å². The molecule has 0 amide bonds. The molecule has 0 aromatic heterocycles. The SMILES string of the molecule is CCOc1ccccc1OCCN1CCOCC1CN. The lowest BCUT2D eigenvalue weighted by Crippen LogP contribution is -2.50. The molecule has 1 heterocycles. The Labute approximate surface area is 120 Å². The van der Waals surface area contributed by atoms with E-state index in [2.05, 4.69) is 4.90 Å². The first-order valence-electron chi connectivity index (χ1n) is 7.21. The fourth-order valence-corrected chi connectivity index (χ4v) is 2.32. The molecule has 2 N–H and O–H groups in total. The van der Waals surface area contributed by atoms with Crippen LogP contribution in [0.3, 0.4) is 0 Å². The van der Waals surface area contributed by atoms with Crippen molar-refractivity contribution < 1.29 is 14.2 Å². The van der Waals surface area contributed by atoms with Crippen molar-refractivity contribution in [1.82, 2.24) is 4.90 Å². The van der Waals surface area contributed by atoms with Crippen molar-refractivity contribution in [3.05, 3.63) is 24.3 Å². The minimum absolute atomic E-state index is 0.300. The van der Waals surface area contributed by atoms with Crippen LogP contribution in [0.4, 0.5) is 0 Å². The van der Waals surface area contributed by atoms with E-state index in [1.165, 1.54) is 0 Å². The van der Waals surface area contributed by atoms with Crippen molar-refractivity contribution in [1.29, 1.82) is 0 Å². The molecule has 1 aliphatic rings. The van der Waals surface area contributed by atoms with Crippen molar-refractivity contribution in [2.24, 2.45) is 5.73 Å². The molecular weight excluding hydrogens is 256 g/mol. The predicted octanol–water partition coefficient (Wildman–Crippen LogP) is 1.12. The summed E-state index contributed by atoms with van der Waals surface area (Å²) < 4.78 is 16.8. The third-order valence-corrected chi connectivity index (χ3v) is 3.41. The summed E-state index contributed by atoms with van der Waals surface area (Å²) in [6, 6.07) is 8.06. The van der Waals surface area contributed by atoms with Crippen LogP contribution in [0.25, 0.3) is 0 Å². The van der Waals surface area contributed by atoms with E-state index in [4.69, 9.17) is 19.9 Å². The van der Waals surface area contributed by atoms with E-state index in [1.807, 2.05) is 31.2 Å². The Morgan fingerprint density at radius 3 is 2.75 bits per heavy atom. The number of rotatable bonds is 7. The maximum absolute atomic E-state index is 5.84. The van der Waals surface area contributed by atoms with Gasteiger partial charge in [0.2, 0.25) is 0 Å². The summed E-state index contributed by atoms with van der Waals surface area (Å²) in [6.07, 6.45) is 0. The number of ether oxygens (including phenoxy) is 3. The third-order valence-electron chi connectivity index (χ3n) is 3.41. The lowest BCUT2D eigenvalue weighted by atomic mass is 10.2. The molecule has 0 spiro atoms.